The Hall–Kier alpha value is -1.35. The summed E-state index contributed by atoms with van der Waals surface area (Å²) in [5.74, 6) is 0.648. The summed E-state index contributed by atoms with van der Waals surface area (Å²) in [7, 11) is 0. The van der Waals surface area contributed by atoms with Crippen LogP contribution in [0.1, 0.15) is 44.6 Å². The van der Waals surface area contributed by atoms with Crippen LogP contribution < -0.4 is 5.32 Å². The van der Waals surface area contributed by atoms with E-state index in [9.17, 15) is 4.39 Å². The van der Waals surface area contributed by atoms with Gasteiger partial charge in [0.15, 0.2) is 0 Å². The zero-order chi connectivity index (χ0) is 14.2. The lowest BCUT2D eigenvalue weighted by Gasteiger charge is -2.19. The molecule has 0 unspecified atom stereocenters. The van der Waals surface area contributed by atoms with Gasteiger partial charge in [0, 0.05) is 5.56 Å². The van der Waals surface area contributed by atoms with Gasteiger partial charge < -0.3 is 9.73 Å². The number of halogens is 1. The van der Waals surface area contributed by atoms with E-state index in [4.69, 9.17) is 4.42 Å². The van der Waals surface area contributed by atoms with Gasteiger partial charge >= 0.3 is 0 Å². The summed E-state index contributed by atoms with van der Waals surface area (Å²) in [4.78, 5) is 0. The van der Waals surface area contributed by atoms with Crippen LogP contribution in [0.4, 0.5) is 4.39 Å². The fourth-order valence-corrected chi connectivity index (χ4v) is 2.50. The average Bonchev–Trinajstić information content (AvgIpc) is 2.71. The van der Waals surface area contributed by atoms with Crippen LogP contribution in [0.5, 0.6) is 0 Å². The molecule has 0 spiro atoms. The van der Waals surface area contributed by atoms with E-state index < -0.39 is 0 Å². The Morgan fingerprint density at radius 1 is 1.26 bits per heavy atom. The minimum Gasteiger partial charge on any atom is -0.459 e. The fraction of sp³-hybridized carbons (Fsp3) is 0.500. The summed E-state index contributed by atoms with van der Waals surface area (Å²) in [6, 6.07) is 3.30. The van der Waals surface area contributed by atoms with Crippen LogP contribution in [-0.4, -0.2) is 6.54 Å². The van der Waals surface area contributed by atoms with E-state index in [-0.39, 0.29) is 11.2 Å². The summed E-state index contributed by atoms with van der Waals surface area (Å²) >= 11 is 0. The average molecular weight is 263 g/mol. The highest BCUT2D eigenvalue weighted by molar-refractivity contribution is 5.86. The summed E-state index contributed by atoms with van der Waals surface area (Å²) in [6.07, 6.45) is 0. The van der Waals surface area contributed by atoms with E-state index in [0.29, 0.717) is 17.5 Å². The van der Waals surface area contributed by atoms with E-state index in [2.05, 4.69) is 26.1 Å². The van der Waals surface area contributed by atoms with Crippen molar-refractivity contribution in [1.29, 1.82) is 0 Å². The number of hydrogen-bond acceptors (Lipinski definition) is 2. The third-order valence-electron chi connectivity index (χ3n) is 3.34. The maximum Gasteiger partial charge on any atom is 0.140 e. The predicted octanol–water partition coefficient (Wildman–Crippen LogP) is 4.29. The number of hydrogen-bond donors (Lipinski definition) is 1. The van der Waals surface area contributed by atoms with Gasteiger partial charge in [0.25, 0.3) is 0 Å². The molecule has 0 saturated carbocycles. The lowest BCUT2D eigenvalue weighted by Crippen LogP contribution is -2.18. The highest BCUT2D eigenvalue weighted by atomic mass is 19.1. The molecule has 1 aromatic carbocycles. The molecule has 1 N–H and O–H groups in total. The van der Waals surface area contributed by atoms with Gasteiger partial charge in [-0.3, -0.25) is 0 Å². The Balaban J connectivity index is 2.74. The molecule has 104 valence electrons. The molecule has 1 heterocycles. The van der Waals surface area contributed by atoms with Crippen LogP contribution >= 0.6 is 0 Å². The first-order valence-electron chi connectivity index (χ1n) is 6.78. The summed E-state index contributed by atoms with van der Waals surface area (Å²) < 4.78 is 20.1. The van der Waals surface area contributed by atoms with E-state index in [1.165, 1.54) is 6.07 Å². The first-order valence-corrected chi connectivity index (χ1v) is 6.78. The largest absolute Gasteiger partial charge is 0.459 e. The molecule has 0 amide bonds. The molecule has 2 nitrogen and oxygen atoms in total. The van der Waals surface area contributed by atoms with Crippen LogP contribution in [0.3, 0.4) is 0 Å². The molecular formula is C16H22FNO. The van der Waals surface area contributed by atoms with Crippen molar-refractivity contribution in [3.8, 4) is 0 Å². The normalized spacial score (nSPS) is 12.3. The highest BCUT2D eigenvalue weighted by Crippen LogP contribution is 2.38. The minimum atomic E-state index is -0.197. The smallest absolute Gasteiger partial charge is 0.140 e. The van der Waals surface area contributed by atoms with Gasteiger partial charge in [-0.1, -0.05) is 33.8 Å². The molecular weight excluding hydrogens is 241 g/mol. The Bertz CT molecular complexity index is 593. The van der Waals surface area contributed by atoms with Crippen LogP contribution in [0, 0.1) is 12.7 Å². The van der Waals surface area contributed by atoms with Crippen LogP contribution in [-0.2, 0) is 12.0 Å². The minimum absolute atomic E-state index is 0.148. The first-order chi connectivity index (χ1) is 8.86. The Labute approximate surface area is 114 Å². The monoisotopic (exact) mass is 263 g/mol. The van der Waals surface area contributed by atoms with Crippen molar-refractivity contribution in [2.75, 3.05) is 6.54 Å². The van der Waals surface area contributed by atoms with Gasteiger partial charge in [0.1, 0.15) is 17.2 Å². The van der Waals surface area contributed by atoms with Crippen molar-refractivity contribution in [3.05, 3.63) is 34.8 Å². The molecule has 19 heavy (non-hydrogen) atoms. The molecule has 0 fully saturated rings. The highest BCUT2D eigenvalue weighted by Gasteiger charge is 2.27. The molecule has 0 aliphatic heterocycles. The Morgan fingerprint density at radius 2 is 1.95 bits per heavy atom. The molecule has 0 saturated heterocycles. The third-order valence-corrected chi connectivity index (χ3v) is 3.34. The van der Waals surface area contributed by atoms with Crippen LogP contribution in [0.2, 0.25) is 0 Å². The fourth-order valence-electron chi connectivity index (χ4n) is 2.50. The number of benzene rings is 1. The van der Waals surface area contributed by atoms with Crippen molar-refractivity contribution in [3.63, 3.8) is 0 Å². The maximum absolute atomic E-state index is 14.2. The standard InChI is InChI=1S/C16H22FNO/c1-6-18-9-12-14(16(3,4)5)13-11(17)8-7-10(2)15(13)19-12/h7-8,18H,6,9H2,1-5H3. The molecule has 0 aliphatic rings. The lowest BCUT2D eigenvalue weighted by atomic mass is 9.84. The Morgan fingerprint density at radius 3 is 2.53 bits per heavy atom. The Kier molecular flexibility index (Phi) is 3.68. The van der Waals surface area contributed by atoms with Crippen molar-refractivity contribution in [2.24, 2.45) is 0 Å². The second-order valence-electron chi connectivity index (χ2n) is 6.00. The molecule has 2 aromatic rings. The van der Waals surface area contributed by atoms with Gasteiger partial charge in [-0.25, -0.2) is 4.39 Å². The number of aryl methyl sites for hydroxylation is 1. The van der Waals surface area contributed by atoms with Crippen LogP contribution in [0.15, 0.2) is 16.5 Å². The molecule has 2 rings (SSSR count). The molecule has 0 bridgehead atoms. The van der Waals surface area contributed by atoms with E-state index in [0.717, 1.165) is 23.4 Å². The number of rotatable bonds is 3. The molecule has 1 aromatic heterocycles. The summed E-state index contributed by atoms with van der Waals surface area (Å²) in [6.45, 7) is 11.8. The van der Waals surface area contributed by atoms with E-state index >= 15 is 0 Å². The molecule has 0 atom stereocenters. The van der Waals surface area contributed by atoms with Crippen molar-refractivity contribution in [1.82, 2.24) is 5.32 Å². The van der Waals surface area contributed by atoms with Crippen molar-refractivity contribution < 1.29 is 8.81 Å². The zero-order valence-corrected chi connectivity index (χ0v) is 12.4. The quantitative estimate of drug-likeness (QED) is 0.893. The maximum atomic E-state index is 14.2. The lowest BCUT2D eigenvalue weighted by molar-refractivity contribution is 0.486. The van der Waals surface area contributed by atoms with Gasteiger partial charge in [-0.2, -0.15) is 0 Å². The topological polar surface area (TPSA) is 25.2 Å². The third kappa shape index (κ3) is 2.52. The first kappa shape index (κ1) is 14.1. The second-order valence-corrected chi connectivity index (χ2v) is 6.00. The van der Waals surface area contributed by atoms with Gasteiger partial charge in [-0.15, -0.1) is 0 Å². The zero-order valence-electron chi connectivity index (χ0n) is 12.4. The molecule has 3 heteroatoms. The van der Waals surface area contributed by atoms with Gasteiger partial charge in [-0.05, 0) is 30.5 Å². The molecule has 0 aliphatic carbocycles. The van der Waals surface area contributed by atoms with E-state index in [1.807, 2.05) is 13.8 Å². The van der Waals surface area contributed by atoms with Crippen molar-refractivity contribution >= 4 is 11.0 Å². The molecule has 0 radical (unpaired) electrons. The summed E-state index contributed by atoms with van der Waals surface area (Å²) in [5.41, 5.74) is 2.48. The summed E-state index contributed by atoms with van der Waals surface area (Å²) in [5, 5.41) is 3.90. The second kappa shape index (κ2) is 4.97. The number of fused-ring (bicyclic) bond motifs is 1. The van der Waals surface area contributed by atoms with Gasteiger partial charge in [0.2, 0.25) is 0 Å². The SMILES string of the molecule is CCNCc1oc2c(C)ccc(F)c2c1C(C)(C)C. The predicted molar refractivity (Wildman–Crippen MR) is 77.0 cm³/mol. The van der Waals surface area contributed by atoms with Crippen molar-refractivity contribution in [2.45, 2.75) is 46.6 Å². The van der Waals surface area contributed by atoms with Gasteiger partial charge in [0.05, 0.1) is 11.9 Å². The number of furan rings is 1. The van der Waals surface area contributed by atoms with Crippen LogP contribution in [0.25, 0.3) is 11.0 Å². The van der Waals surface area contributed by atoms with E-state index in [1.54, 1.807) is 6.07 Å². The number of nitrogens with one attached hydrogen (secondary N) is 1.